The van der Waals surface area contributed by atoms with Crippen LogP contribution in [0.3, 0.4) is 0 Å². The fourth-order valence-corrected chi connectivity index (χ4v) is 1.86. The van der Waals surface area contributed by atoms with Crippen molar-refractivity contribution >= 4 is 37.5 Å². The van der Waals surface area contributed by atoms with Gasteiger partial charge in [-0.05, 0) is 35.1 Å². The third-order valence-corrected chi connectivity index (χ3v) is 2.54. The van der Waals surface area contributed by atoms with E-state index in [1.54, 1.807) is 6.08 Å². The molecule has 0 bridgehead atoms. The molecule has 1 aromatic rings. The van der Waals surface area contributed by atoms with Crippen molar-refractivity contribution in [3.63, 3.8) is 0 Å². The number of rotatable bonds is 6. The van der Waals surface area contributed by atoms with Crippen molar-refractivity contribution in [1.82, 2.24) is 0 Å². The first-order valence-electron chi connectivity index (χ1n) is 5.99. The van der Waals surface area contributed by atoms with E-state index in [9.17, 15) is 10.2 Å². The molecular weight excluding hydrogens is 231 g/mol. The van der Waals surface area contributed by atoms with Gasteiger partial charge in [0.1, 0.15) is 0 Å². The quantitative estimate of drug-likeness (QED) is 0.696. The Morgan fingerprint density at radius 1 is 0.947 bits per heavy atom. The molecule has 0 heterocycles. The molecule has 1 rings (SSSR count). The fourth-order valence-electron chi connectivity index (χ4n) is 1.86. The molecule has 6 heteroatoms. The van der Waals surface area contributed by atoms with Crippen molar-refractivity contribution in [3.8, 4) is 0 Å². The van der Waals surface area contributed by atoms with Crippen molar-refractivity contribution in [2.75, 3.05) is 0 Å². The SMILES string of the molecule is [B]C([B])(O)CC(/C=C/c1ccccc1)CC([B])([B])O. The van der Waals surface area contributed by atoms with E-state index < -0.39 is 10.8 Å². The molecule has 90 valence electrons. The zero-order valence-electron chi connectivity index (χ0n) is 10.7. The molecule has 0 fully saturated rings. The Balaban J connectivity index is 2.76. The molecule has 2 nitrogen and oxygen atoms in total. The van der Waals surface area contributed by atoms with E-state index in [0.29, 0.717) is 0 Å². The van der Waals surface area contributed by atoms with Crippen LogP contribution in [0.4, 0.5) is 0 Å². The second kappa shape index (κ2) is 6.53. The average Bonchev–Trinajstić information content (AvgIpc) is 2.23. The maximum atomic E-state index is 9.44. The first-order valence-corrected chi connectivity index (χ1v) is 5.99. The normalized spacial score (nSPS) is 13.2. The van der Waals surface area contributed by atoms with Crippen molar-refractivity contribution in [2.24, 2.45) is 5.92 Å². The van der Waals surface area contributed by atoms with E-state index in [0.717, 1.165) is 5.56 Å². The summed E-state index contributed by atoms with van der Waals surface area (Å²) < 4.78 is 0. The van der Waals surface area contributed by atoms with Gasteiger partial charge in [0.15, 0.2) is 0 Å². The molecule has 19 heavy (non-hydrogen) atoms. The van der Waals surface area contributed by atoms with E-state index >= 15 is 0 Å². The van der Waals surface area contributed by atoms with Gasteiger partial charge in [-0.1, -0.05) is 42.5 Å². The Morgan fingerprint density at radius 3 is 1.84 bits per heavy atom. The molecular formula is C13H14B4O2. The van der Waals surface area contributed by atoms with Gasteiger partial charge in [0.2, 0.25) is 0 Å². The molecule has 8 radical (unpaired) electrons. The summed E-state index contributed by atoms with van der Waals surface area (Å²) in [6.45, 7) is 0. The molecule has 2 N–H and O–H groups in total. The summed E-state index contributed by atoms with van der Waals surface area (Å²) in [4.78, 5) is 0. The molecule has 0 unspecified atom stereocenters. The highest BCUT2D eigenvalue weighted by Crippen LogP contribution is 2.22. The Hall–Kier alpha value is -0.860. The Labute approximate surface area is 119 Å². The molecule has 1 aromatic carbocycles. The number of allylic oxidation sites excluding steroid dienone is 1. The number of hydrogen-bond donors (Lipinski definition) is 2. The van der Waals surface area contributed by atoms with Gasteiger partial charge in [0.05, 0.1) is 31.4 Å². The Morgan fingerprint density at radius 2 is 1.42 bits per heavy atom. The first-order chi connectivity index (χ1) is 8.66. The van der Waals surface area contributed by atoms with Gasteiger partial charge >= 0.3 is 0 Å². The van der Waals surface area contributed by atoms with E-state index in [1.807, 2.05) is 36.4 Å². The van der Waals surface area contributed by atoms with Crippen molar-refractivity contribution in [2.45, 2.75) is 23.6 Å². The van der Waals surface area contributed by atoms with Crippen LogP contribution in [-0.2, 0) is 0 Å². The smallest absolute Gasteiger partial charge is 0.0989 e. The molecule has 0 atom stereocenters. The summed E-state index contributed by atoms with van der Waals surface area (Å²) in [6.07, 6.45) is 3.67. The lowest BCUT2D eigenvalue weighted by Gasteiger charge is -2.29. The van der Waals surface area contributed by atoms with Crippen molar-refractivity contribution in [1.29, 1.82) is 0 Å². The van der Waals surface area contributed by atoms with Crippen LogP contribution in [0.25, 0.3) is 6.08 Å². The van der Waals surface area contributed by atoms with Crippen LogP contribution in [0.1, 0.15) is 18.4 Å². The fraction of sp³-hybridized carbons (Fsp3) is 0.385. The third kappa shape index (κ3) is 8.01. The minimum Gasteiger partial charge on any atom is -0.409 e. The molecule has 0 spiro atoms. The van der Waals surface area contributed by atoms with Crippen LogP contribution in [0.5, 0.6) is 0 Å². The van der Waals surface area contributed by atoms with Gasteiger partial charge in [0, 0.05) is 0 Å². The third-order valence-electron chi connectivity index (χ3n) is 2.54. The predicted octanol–water partition coefficient (Wildman–Crippen LogP) is 0.0624. The van der Waals surface area contributed by atoms with Crippen LogP contribution < -0.4 is 0 Å². The monoisotopic (exact) mass is 246 g/mol. The summed E-state index contributed by atoms with van der Waals surface area (Å²) in [7, 11) is 21.4. The van der Waals surface area contributed by atoms with E-state index in [2.05, 4.69) is 0 Å². The summed E-state index contributed by atoms with van der Waals surface area (Å²) in [6, 6.07) is 9.55. The Bertz CT molecular complexity index is 391. The summed E-state index contributed by atoms with van der Waals surface area (Å²) >= 11 is 0. The van der Waals surface area contributed by atoms with Crippen LogP contribution in [0, 0.1) is 5.92 Å². The van der Waals surface area contributed by atoms with Gasteiger partial charge in [-0.2, -0.15) is 0 Å². The van der Waals surface area contributed by atoms with Crippen LogP contribution in [0.2, 0.25) is 0 Å². The van der Waals surface area contributed by atoms with Crippen LogP contribution in [-0.4, -0.2) is 52.4 Å². The summed E-state index contributed by atoms with van der Waals surface area (Å²) in [5.74, 6) is -0.347. The molecule has 0 saturated carbocycles. The maximum absolute atomic E-state index is 9.44. The second-order valence-corrected chi connectivity index (χ2v) is 4.92. The molecule has 0 aliphatic carbocycles. The minimum atomic E-state index is -1.84. The van der Waals surface area contributed by atoms with E-state index in [4.69, 9.17) is 31.4 Å². The van der Waals surface area contributed by atoms with Gasteiger partial charge in [-0.15, -0.1) is 0 Å². The maximum Gasteiger partial charge on any atom is 0.0989 e. The summed E-state index contributed by atoms with van der Waals surface area (Å²) in [5, 5.41) is 15.2. The van der Waals surface area contributed by atoms with Crippen LogP contribution in [0.15, 0.2) is 36.4 Å². The number of aliphatic hydroxyl groups is 2. The minimum absolute atomic E-state index is 0.0348. The van der Waals surface area contributed by atoms with Crippen molar-refractivity contribution in [3.05, 3.63) is 42.0 Å². The highest BCUT2D eigenvalue weighted by Gasteiger charge is 2.23. The lowest BCUT2D eigenvalue weighted by Crippen LogP contribution is -2.37. The van der Waals surface area contributed by atoms with Gasteiger partial charge in [-0.25, -0.2) is 0 Å². The predicted molar refractivity (Wildman–Crippen MR) is 81.1 cm³/mol. The van der Waals surface area contributed by atoms with E-state index in [-0.39, 0.29) is 18.8 Å². The Kier molecular flexibility index (Phi) is 5.57. The molecule has 0 aliphatic rings. The van der Waals surface area contributed by atoms with E-state index in [1.165, 1.54) is 0 Å². The summed E-state index contributed by atoms with van der Waals surface area (Å²) in [5.41, 5.74) is 0.975. The topological polar surface area (TPSA) is 40.5 Å². The molecule has 0 amide bonds. The van der Waals surface area contributed by atoms with Gasteiger partial charge in [-0.3, -0.25) is 0 Å². The lowest BCUT2D eigenvalue weighted by molar-refractivity contribution is 0.150. The van der Waals surface area contributed by atoms with Crippen LogP contribution >= 0.6 is 0 Å². The average molecular weight is 246 g/mol. The highest BCUT2D eigenvalue weighted by atomic mass is 16.3. The highest BCUT2D eigenvalue weighted by molar-refractivity contribution is 6.39. The lowest BCUT2D eigenvalue weighted by atomic mass is 9.56. The standard InChI is InChI=1S/C13H14B4O2/c14-12(15,18)8-11(9-13(16,17)19)7-6-10-4-2-1-3-5-10/h1-7,11,18-19H,8-9H2/b7-6+. The zero-order valence-corrected chi connectivity index (χ0v) is 10.7. The second-order valence-electron chi connectivity index (χ2n) is 4.92. The number of hydrogen-bond acceptors (Lipinski definition) is 2. The molecule has 0 aliphatic heterocycles. The van der Waals surface area contributed by atoms with Gasteiger partial charge < -0.3 is 10.2 Å². The van der Waals surface area contributed by atoms with Crippen molar-refractivity contribution < 1.29 is 10.2 Å². The largest absolute Gasteiger partial charge is 0.409 e. The zero-order chi connectivity index (χ0) is 14.5. The number of benzene rings is 1. The molecule has 0 saturated heterocycles. The first kappa shape index (κ1) is 16.2. The molecule has 0 aromatic heterocycles. The van der Waals surface area contributed by atoms with Gasteiger partial charge in [0.25, 0.3) is 0 Å².